The highest BCUT2D eigenvalue weighted by Gasteiger charge is 2.13. The molecular formula is C7H3Cl2FN4. The first-order valence-corrected chi connectivity index (χ1v) is 4.36. The number of fused-ring (bicyclic) bond motifs is 1. The fourth-order valence-corrected chi connectivity index (χ4v) is 1.40. The summed E-state index contributed by atoms with van der Waals surface area (Å²) in [7, 11) is 0. The molecule has 2 aromatic rings. The van der Waals surface area contributed by atoms with E-state index in [1.165, 1.54) is 6.92 Å². The molecule has 0 radical (unpaired) electrons. The summed E-state index contributed by atoms with van der Waals surface area (Å²) in [6.07, 6.45) is 0. The first kappa shape index (κ1) is 9.48. The van der Waals surface area contributed by atoms with Gasteiger partial charge in [0.25, 0.3) is 0 Å². The van der Waals surface area contributed by atoms with Crippen molar-refractivity contribution in [3.8, 4) is 0 Å². The van der Waals surface area contributed by atoms with Crippen molar-refractivity contribution >= 4 is 34.2 Å². The highest BCUT2D eigenvalue weighted by Crippen LogP contribution is 2.22. The van der Waals surface area contributed by atoms with E-state index in [2.05, 4.69) is 20.2 Å². The van der Waals surface area contributed by atoms with E-state index in [1.54, 1.807) is 0 Å². The lowest BCUT2D eigenvalue weighted by molar-refractivity contribution is 0.613. The summed E-state index contributed by atoms with van der Waals surface area (Å²) in [6, 6.07) is 0. The van der Waals surface area contributed by atoms with Gasteiger partial charge in [-0.05, 0) is 18.5 Å². The van der Waals surface area contributed by atoms with Gasteiger partial charge in [-0.3, -0.25) is 0 Å². The summed E-state index contributed by atoms with van der Waals surface area (Å²) in [5.41, 5.74) is 0.241. The monoisotopic (exact) mass is 232 g/mol. The SMILES string of the molecule is Cc1nnc2c(Cl)nc(Cl)nc2c1F. The third-order valence-corrected chi connectivity index (χ3v) is 2.07. The number of hydrogen-bond acceptors (Lipinski definition) is 4. The maximum Gasteiger partial charge on any atom is 0.224 e. The molecule has 0 bridgehead atoms. The number of aromatic nitrogens is 4. The quantitative estimate of drug-likeness (QED) is 0.516. The normalized spacial score (nSPS) is 10.9. The molecule has 0 amide bonds. The summed E-state index contributed by atoms with van der Waals surface area (Å²) in [5, 5.41) is 7.12. The van der Waals surface area contributed by atoms with Crippen LogP contribution in [0.1, 0.15) is 5.69 Å². The van der Waals surface area contributed by atoms with Gasteiger partial charge in [-0.1, -0.05) is 11.6 Å². The second-order valence-corrected chi connectivity index (χ2v) is 3.28. The average molecular weight is 233 g/mol. The third kappa shape index (κ3) is 1.38. The van der Waals surface area contributed by atoms with Gasteiger partial charge in [0.1, 0.15) is 5.52 Å². The van der Waals surface area contributed by atoms with Crippen molar-refractivity contribution < 1.29 is 4.39 Å². The molecule has 14 heavy (non-hydrogen) atoms. The third-order valence-electron chi connectivity index (χ3n) is 1.64. The lowest BCUT2D eigenvalue weighted by Gasteiger charge is -2.00. The Morgan fingerprint density at radius 3 is 2.50 bits per heavy atom. The molecule has 0 aliphatic rings. The Hall–Kier alpha value is -1.07. The van der Waals surface area contributed by atoms with E-state index in [0.29, 0.717) is 0 Å². The highest BCUT2D eigenvalue weighted by atomic mass is 35.5. The molecule has 2 rings (SSSR count). The van der Waals surface area contributed by atoms with Crippen LogP contribution >= 0.6 is 23.2 Å². The maximum atomic E-state index is 13.4. The van der Waals surface area contributed by atoms with Gasteiger partial charge < -0.3 is 0 Å². The molecule has 72 valence electrons. The zero-order valence-corrected chi connectivity index (χ0v) is 8.43. The van der Waals surface area contributed by atoms with E-state index in [9.17, 15) is 4.39 Å². The van der Waals surface area contributed by atoms with Crippen molar-refractivity contribution in [2.75, 3.05) is 0 Å². The number of hydrogen-bond donors (Lipinski definition) is 0. The van der Waals surface area contributed by atoms with Crippen molar-refractivity contribution in [3.63, 3.8) is 0 Å². The number of nitrogens with zero attached hydrogens (tertiary/aromatic N) is 4. The molecule has 0 unspecified atom stereocenters. The molecule has 0 aromatic carbocycles. The summed E-state index contributed by atoms with van der Waals surface area (Å²) < 4.78 is 13.4. The number of aryl methyl sites for hydroxylation is 1. The Labute approximate surface area is 88.1 Å². The number of halogens is 3. The van der Waals surface area contributed by atoms with Crippen LogP contribution < -0.4 is 0 Å². The largest absolute Gasteiger partial charge is 0.224 e. The van der Waals surface area contributed by atoms with Gasteiger partial charge in [0.05, 0.1) is 5.69 Å². The van der Waals surface area contributed by atoms with Crippen molar-refractivity contribution in [2.45, 2.75) is 6.92 Å². The molecule has 0 fully saturated rings. The Bertz CT molecular complexity index is 517. The van der Waals surface area contributed by atoms with E-state index in [1.807, 2.05) is 0 Å². The van der Waals surface area contributed by atoms with Crippen LogP contribution in [-0.4, -0.2) is 20.2 Å². The van der Waals surface area contributed by atoms with E-state index in [4.69, 9.17) is 23.2 Å². The molecule has 2 aromatic heterocycles. The molecule has 7 heteroatoms. The lowest BCUT2D eigenvalue weighted by atomic mass is 10.3. The summed E-state index contributed by atoms with van der Waals surface area (Å²) in [6.45, 7) is 1.48. The molecule has 0 aliphatic carbocycles. The van der Waals surface area contributed by atoms with Crippen LogP contribution in [0.25, 0.3) is 11.0 Å². The van der Waals surface area contributed by atoms with Gasteiger partial charge in [0, 0.05) is 0 Å². The zero-order valence-electron chi connectivity index (χ0n) is 6.92. The molecule has 0 N–H and O–H groups in total. The Kier molecular flexibility index (Phi) is 2.20. The molecule has 0 atom stereocenters. The van der Waals surface area contributed by atoms with Crippen molar-refractivity contribution in [3.05, 3.63) is 21.9 Å². The van der Waals surface area contributed by atoms with Crippen LogP contribution in [0.4, 0.5) is 4.39 Å². The highest BCUT2D eigenvalue weighted by molar-refractivity contribution is 6.35. The molecule has 2 heterocycles. The summed E-state index contributed by atoms with van der Waals surface area (Å²) in [4.78, 5) is 7.31. The number of rotatable bonds is 0. The minimum absolute atomic E-state index is 0.00796. The van der Waals surface area contributed by atoms with E-state index >= 15 is 0 Å². The Balaban J connectivity index is 2.95. The van der Waals surface area contributed by atoms with Crippen molar-refractivity contribution in [2.24, 2.45) is 0 Å². The maximum absolute atomic E-state index is 13.4. The smallest absolute Gasteiger partial charge is 0.213 e. The summed E-state index contributed by atoms with van der Waals surface area (Å²) in [5.74, 6) is -0.582. The van der Waals surface area contributed by atoms with E-state index < -0.39 is 5.82 Å². The van der Waals surface area contributed by atoms with Crippen LogP contribution in [0.2, 0.25) is 10.4 Å². The van der Waals surface area contributed by atoms with E-state index in [0.717, 1.165) is 0 Å². The van der Waals surface area contributed by atoms with Gasteiger partial charge in [-0.25, -0.2) is 14.4 Å². The van der Waals surface area contributed by atoms with Crippen LogP contribution in [0.3, 0.4) is 0 Å². The van der Waals surface area contributed by atoms with Crippen LogP contribution in [0.15, 0.2) is 0 Å². The summed E-state index contributed by atoms with van der Waals surface area (Å²) >= 11 is 11.2. The second-order valence-electron chi connectivity index (χ2n) is 2.58. The molecule has 0 aliphatic heterocycles. The fourth-order valence-electron chi connectivity index (χ4n) is 0.984. The average Bonchev–Trinajstić information content (AvgIpc) is 2.12. The Morgan fingerprint density at radius 1 is 1.07 bits per heavy atom. The molecular weight excluding hydrogens is 230 g/mol. The first-order valence-electron chi connectivity index (χ1n) is 3.61. The standard InChI is InChI=1S/C7H3Cl2FN4/c1-2-3(10)4-5(14-13-2)6(8)12-7(9)11-4/h1H3. The topological polar surface area (TPSA) is 51.6 Å². The predicted molar refractivity (Wildman–Crippen MR) is 49.8 cm³/mol. The van der Waals surface area contributed by atoms with Crippen LogP contribution in [0, 0.1) is 12.7 Å². The van der Waals surface area contributed by atoms with Crippen molar-refractivity contribution in [1.29, 1.82) is 0 Å². The fraction of sp³-hybridized carbons (Fsp3) is 0.143. The predicted octanol–water partition coefficient (Wildman–Crippen LogP) is 2.17. The molecule has 0 spiro atoms. The minimum atomic E-state index is -0.582. The van der Waals surface area contributed by atoms with Gasteiger partial charge in [-0.15, -0.1) is 5.10 Å². The molecule has 0 saturated carbocycles. The van der Waals surface area contributed by atoms with Crippen LogP contribution in [-0.2, 0) is 0 Å². The lowest BCUT2D eigenvalue weighted by Crippen LogP contribution is -1.98. The van der Waals surface area contributed by atoms with Crippen molar-refractivity contribution in [1.82, 2.24) is 20.2 Å². The zero-order chi connectivity index (χ0) is 10.3. The minimum Gasteiger partial charge on any atom is -0.213 e. The van der Waals surface area contributed by atoms with Gasteiger partial charge >= 0.3 is 0 Å². The molecule has 4 nitrogen and oxygen atoms in total. The van der Waals surface area contributed by atoms with Gasteiger partial charge in [0.15, 0.2) is 16.5 Å². The van der Waals surface area contributed by atoms with E-state index in [-0.39, 0.29) is 27.2 Å². The first-order chi connectivity index (χ1) is 6.59. The van der Waals surface area contributed by atoms with Gasteiger partial charge in [-0.2, -0.15) is 5.10 Å². The second kappa shape index (κ2) is 3.25. The molecule has 0 saturated heterocycles. The van der Waals surface area contributed by atoms with Crippen LogP contribution in [0.5, 0.6) is 0 Å². The van der Waals surface area contributed by atoms with Gasteiger partial charge in [0.2, 0.25) is 5.28 Å². The Morgan fingerprint density at radius 2 is 1.79 bits per heavy atom.